The summed E-state index contributed by atoms with van der Waals surface area (Å²) in [5, 5.41) is 4.56. The first-order valence-corrected chi connectivity index (χ1v) is 6.85. The fourth-order valence-corrected chi connectivity index (χ4v) is 2.18. The van der Waals surface area contributed by atoms with Gasteiger partial charge in [-0.15, -0.1) is 0 Å². The molecule has 0 radical (unpaired) electrons. The van der Waals surface area contributed by atoms with Gasteiger partial charge in [-0.3, -0.25) is 4.68 Å². The van der Waals surface area contributed by atoms with Crippen molar-refractivity contribution in [1.29, 1.82) is 0 Å². The number of aryl methyl sites for hydroxylation is 1. The number of hydrogen-bond donors (Lipinski definition) is 0. The first kappa shape index (κ1) is 13.5. The molecule has 2 rings (SSSR count). The van der Waals surface area contributed by atoms with Crippen molar-refractivity contribution < 1.29 is 0 Å². The summed E-state index contributed by atoms with van der Waals surface area (Å²) in [6.07, 6.45) is 4.47. The fourth-order valence-electron chi connectivity index (χ4n) is 1.65. The standard InChI is InChI=1S/C12H14BrClN4/c1-7(2)4-9-10(13)11(14)17-12(16-9)8-5-15-18(3)6-8/h5-7H,4H2,1-3H3. The maximum Gasteiger partial charge on any atom is 0.164 e. The summed E-state index contributed by atoms with van der Waals surface area (Å²) in [7, 11) is 1.86. The summed E-state index contributed by atoms with van der Waals surface area (Å²) < 4.78 is 2.50. The van der Waals surface area contributed by atoms with Crippen LogP contribution in [0.3, 0.4) is 0 Å². The molecule has 0 saturated heterocycles. The predicted molar refractivity (Wildman–Crippen MR) is 75.5 cm³/mol. The highest BCUT2D eigenvalue weighted by Gasteiger charge is 2.14. The minimum absolute atomic E-state index is 0.444. The Kier molecular flexibility index (Phi) is 4.02. The van der Waals surface area contributed by atoms with Crippen LogP contribution in [0.25, 0.3) is 11.4 Å². The van der Waals surface area contributed by atoms with Gasteiger partial charge in [0.15, 0.2) is 5.82 Å². The van der Waals surface area contributed by atoms with Gasteiger partial charge in [0.2, 0.25) is 0 Å². The SMILES string of the molecule is CC(C)Cc1nc(-c2cnn(C)c2)nc(Cl)c1Br. The Balaban J connectivity index is 2.46. The summed E-state index contributed by atoms with van der Waals surface area (Å²) in [6, 6.07) is 0. The van der Waals surface area contributed by atoms with Gasteiger partial charge >= 0.3 is 0 Å². The van der Waals surface area contributed by atoms with E-state index in [1.807, 2.05) is 13.2 Å². The normalized spacial score (nSPS) is 11.2. The van der Waals surface area contributed by atoms with Crippen LogP contribution in [0.2, 0.25) is 5.15 Å². The zero-order chi connectivity index (χ0) is 13.3. The third kappa shape index (κ3) is 2.90. The molecule has 2 aromatic rings. The lowest BCUT2D eigenvalue weighted by Gasteiger charge is -2.09. The molecule has 4 nitrogen and oxygen atoms in total. The van der Waals surface area contributed by atoms with E-state index >= 15 is 0 Å². The number of halogens is 2. The van der Waals surface area contributed by atoms with E-state index in [2.05, 4.69) is 44.8 Å². The Morgan fingerprint density at radius 2 is 2.11 bits per heavy atom. The van der Waals surface area contributed by atoms with Gasteiger partial charge in [0, 0.05) is 13.2 Å². The van der Waals surface area contributed by atoms with Gasteiger partial charge in [-0.1, -0.05) is 25.4 Å². The van der Waals surface area contributed by atoms with Crippen LogP contribution in [0, 0.1) is 5.92 Å². The van der Waals surface area contributed by atoms with Crippen LogP contribution < -0.4 is 0 Å². The second kappa shape index (κ2) is 5.36. The van der Waals surface area contributed by atoms with E-state index in [1.54, 1.807) is 10.9 Å². The van der Waals surface area contributed by atoms with Gasteiger partial charge in [0.1, 0.15) is 5.15 Å². The molecule has 0 amide bonds. The van der Waals surface area contributed by atoms with Crippen molar-refractivity contribution in [2.45, 2.75) is 20.3 Å². The van der Waals surface area contributed by atoms with Crippen LogP contribution in [0.15, 0.2) is 16.9 Å². The van der Waals surface area contributed by atoms with Gasteiger partial charge in [-0.05, 0) is 28.3 Å². The Labute approximate surface area is 120 Å². The van der Waals surface area contributed by atoms with Crippen molar-refractivity contribution >= 4 is 27.5 Å². The fraction of sp³-hybridized carbons (Fsp3) is 0.417. The second-order valence-electron chi connectivity index (χ2n) is 4.60. The minimum atomic E-state index is 0.444. The topological polar surface area (TPSA) is 43.6 Å². The quantitative estimate of drug-likeness (QED) is 0.810. The molecule has 6 heteroatoms. The van der Waals surface area contributed by atoms with Crippen molar-refractivity contribution in [3.63, 3.8) is 0 Å². The largest absolute Gasteiger partial charge is 0.275 e. The summed E-state index contributed by atoms with van der Waals surface area (Å²) >= 11 is 9.58. The molecule has 0 atom stereocenters. The summed E-state index contributed by atoms with van der Waals surface area (Å²) in [4.78, 5) is 8.84. The van der Waals surface area contributed by atoms with Gasteiger partial charge in [0.05, 0.1) is 21.9 Å². The zero-order valence-corrected chi connectivity index (χ0v) is 12.8. The van der Waals surface area contributed by atoms with Crippen LogP contribution in [0.4, 0.5) is 0 Å². The highest BCUT2D eigenvalue weighted by Crippen LogP contribution is 2.28. The Hall–Kier alpha value is -0.940. The zero-order valence-electron chi connectivity index (χ0n) is 10.5. The molecule has 0 unspecified atom stereocenters. The van der Waals surface area contributed by atoms with Crippen LogP contribution in [0.1, 0.15) is 19.5 Å². The number of rotatable bonds is 3. The molecule has 0 N–H and O–H groups in total. The van der Waals surface area contributed by atoms with Crippen molar-refractivity contribution in [3.8, 4) is 11.4 Å². The minimum Gasteiger partial charge on any atom is -0.275 e. The molecular weight excluding hydrogens is 316 g/mol. The molecule has 0 bridgehead atoms. The molecule has 0 fully saturated rings. The highest BCUT2D eigenvalue weighted by molar-refractivity contribution is 9.10. The summed E-state index contributed by atoms with van der Waals surface area (Å²) in [6.45, 7) is 4.29. The average molecular weight is 330 g/mol. The first-order chi connectivity index (χ1) is 8.47. The molecule has 0 saturated carbocycles. The third-order valence-corrected chi connectivity index (χ3v) is 3.78. The molecule has 0 aliphatic carbocycles. The Morgan fingerprint density at radius 1 is 1.39 bits per heavy atom. The van der Waals surface area contributed by atoms with Crippen LogP contribution >= 0.6 is 27.5 Å². The van der Waals surface area contributed by atoms with Crippen LogP contribution in [0.5, 0.6) is 0 Å². The van der Waals surface area contributed by atoms with Crippen molar-refractivity contribution in [2.75, 3.05) is 0 Å². The molecule has 18 heavy (non-hydrogen) atoms. The maximum absolute atomic E-state index is 6.13. The second-order valence-corrected chi connectivity index (χ2v) is 5.75. The van der Waals surface area contributed by atoms with Crippen LogP contribution in [-0.4, -0.2) is 19.7 Å². The van der Waals surface area contributed by atoms with E-state index in [-0.39, 0.29) is 0 Å². The van der Waals surface area contributed by atoms with E-state index in [0.717, 1.165) is 22.2 Å². The number of aromatic nitrogens is 4. The molecule has 0 spiro atoms. The average Bonchev–Trinajstić information content (AvgIpc) is 2.70. The number of hydrogen-bond acceptors (Lipinski definition) is 3. The van der Waals surface area contributed by atoms with Crippen LogP contribution in [-0.2, 0) is 13.5 Å². The smallest absolute Gasteiger partial charge is 0.164 e. The van der Waals surface area contributed by atoms with E-state index < -0.39 is 0 Å². The molecule has 96 valence electrons. The van der Waals surface area contributed by atoms with Gasteiger partial charge < -0.3 is 0 Å². The summed E-state index contributed by atoms with van der Waals surface area (Å²) in [5.41, 5.74) is 1.81. The lowest BCUT2D eigenvalue weighted by Crippen LogP contribution is -2.02. The third-order valence-electron chi connectivity index (χ3n) is 2.44. The lowest BCUT2D eigenvalue weighted by atomic mass is 10.1. The van der Waals surface area contributed by atoms with Gasteiger partial charge in [-0.2, -0.15) is 5.10 Å². The lowest BCUT2D eigenvalue weighted by molar-refractivity contribution is 0.632. The predicted octanol–water partition coefficient (Wildman–Crippen LogP) is 3.49. The summed E-state index contributed by atoms with van der Waals surface area (Å²) in [5.74, 6) is 1.13. The van der Waals surface area contributed by atoms with Crippen molar-refractivity contribution in [1.82, 2.24) is 19.7 Å². The highest BCUT2D eigenvalue weighted by atomic mass is 79.9. The monoisotopic (exact) mass is 328 g/mol. The molecule has 0 aliphatic heterocycles. The van der Waals surface area contributed by atoms with Gasteiger partial charge in [-0.25, -0.2) is 9.97 Å². The van der Waals surface area contributed by atoms with E-state index in [1.165, 1.54) is 0 Å². The maximum atomic E-state index is 6.13. The molecular formula is C12H14BrClN4. The molecule has 2 aromatic heterocycles. The van der Waals surface area contributed by atoms with Crippen molar-refractivity contribution in [3.05, 3.63) is 27.7 Å². The van der Waals surface area contributed by atoms with E-state index in [0.29, 0.717) is 16.9 Å². The molecule has 0 aliphatic rings. The van der Waals surface area contributed by atoms with E-state index in [9.17, 15) is 0 Å². The molecule has 0 aromatic carbocycles. The van der Waals surface area contributed by atoms with E-state index in [4.69, 9.17) is 11.6 Å². The first-order valence-electron chi connectivity index (χ1n) is 5.68. The van der Waals surface area contributed by atoms with Gasteiger partial charge in [0.25, 0.3) is 0 Å². The molecule has 2 heterocycles. The number of nitrogens with zero attached hydrogens (tertiary/aromatic N) is 4. The van der Waals surface area contributed by atoms with Crippen molar-refractivity contribution in [2.24, 2.45) is 13.0 Å². The Morgan fingerprint density at radius 3 is 2.67 bits per heavy atom. The Bertz CT molecular complexity index is 565.